The Morgan fingerprint density at radius 2 is 1.97 bits per heavy atom. The minimum atomic E-state index is -4.00. The van der Waals surface area contributed by atoms with Gasteiger partial charge in [0, 0.05) is 25.5 Å². The van der Waals surface area contributed by atoms with Gasteiger partial charge in [0.2, 0.25) is 0 Å². The molecule has 2 aromatic heterocycles. The van der Waals surface area contributed by atoms with Crippen molar-refractivity contribution in [1.29, 1.82) is 0 Å². The molecule has 2 heterocycles. The van der Waals surface area contributed by atoms with E-state index >= 15 is 0 Å². The molecule has 0 spiro atoms. The Morgan fingerprint density at radius 3 is 2.72 bits per heavy atom. The molecule has 4 rings (SSSR count). The predicted octanol–water partition coefficient (Wildman–Crippen LogP) is 3.41. The molecule has 12 heteroatoms. The summed E-state index contributed by atoms with van der Waals surface area (Å²) in [5, 5.41) is 10.2. The molecule has 0 saturated carbocycles. The molecule has 1 amide bonds. The van der Waals surface area contributed by atoms with Crippen LogP contribution in [0.1, 0.15) is 21.5 Å². The number of rotatable bonds is 9. The average Bonchev–Trinajstić information content (AvgIpc) is 3.18. The number of methoxy groups -OCH3 is 1. The van der Waals surface area contributed by atoms with Gasteiger partial charge in [-0.3, -0.25) is 9.52 Å². The first-order chi connectivity index (χ1) is 17.2. The summed E-state index contributed by atoms with van der Waals surface area (Å²) in [5.74, 6) is -0.469. The molecule has 0 aliphatic carbocycles. The van der Waals surface area contributed by atoms with Gasteiger partial charge < -0.3 is 15.4 Å². The SMILES string of the molecule is COCCNC(=O)c1cn2ncnc(Nc3cc(NS(=O)(=O)c4cccc(F)c4)ccc3C)c2c1C. The third-order valence-electron chi connectivity index (χ3n) is 5.51. The second-order valence-corrected chi connectivity index (χ2v) is 9.72. The van der Waals surface area contributed by atoms with E-state index in [2.05, 4.69) is 25.4 Å². The van der Waals surface area contributed by atoms with E-state index in [-0.39, 0.29) is 16.5 Å². The van der Waals surface area contributed by atoms with Gasteiger partial charge in [-0.1, -0.05) is 12.1 Å². The smallest absolute Gasteiger partial charge is 0.261 e. The molecule has 0 radical (unpaired) electrons. The van der Waals surface area contributed by atoms with Crippen molar-refractivity contribution in [3.63, 3.8) is 0 Å². The molecule has 0 unspecified atom stereocenters. The van der Waals surface area contributed by atoms with Crippen molar-refractivity contribution in [2.24, 2.45) is 0 Å². The van der Waals surface area contributed by atoms with Gasteiger partial charge in [-0.2, -0.15) is 5.10 Å². The maximum atomic E-state index is 13.5. The quantitative estimate of drug-likeness (QED) is 0.293. The van der Waals surface area contributed by atoms with Crippen LogP contribution in [0.25, 0.3) is 5.52 Å². The van der Waals surface area contributed by atoms with Crippen LogP contribution >= 0.6 is 0 Å². The number of nitrogens with one attached hydrogen (secondary N) is 3. The van der Waals surface area contributed by atoms with Crippen LogP contribution in [0.4, 0.5) is 21.6 Å². The van der Waals surface area contributed by atoms with Crippen LogP contribution < -0.4 is 15.4 Å². The Kier molecular flexibility index (Phi) is 7.17. The van der Waals surface area contributed by atoms with E-state index in [1.54, 1.807) is 42.9 Å². The number of amides is 1. The first kappa shape index (κ1) is 25.1. The summed E-state index contributed by atoms with van der Waals surface area (Å²) >= 11 is 0. The normalized spacial score (nSPS) is 11.4. The largest absolute Gasteiger partial charge is 0.383 e. The van der Waals surface area contributed by atoms with Gasteiger partial charge in [-0.05, 0) is 55.3 Å². The van der Waals surface area contributed by atoms with E-state index in [0.717, 1.165) is 11.6 Å². The number of ether oxygens (including phenoxy) is 1. The number of aromatic nitrogens is 3. The highest BCUT2D eigenvalue weighted by Crippen LogP contribution is 2.29. The topological polar surface area (TPSA) is 127 Å². The zero-order valence-electron chi connectivity index (χ0n) is 19.9. The van der Waals surface area contributed by atoms with Gasteiger partial charge in [0.1, 0.15) is 17.7 Å². The number of hydrogen-bond donors (Lipinski definition) is 3. The van der Waals surface area contributed by atoms with Crippen LogP contribution in [0.5, 0.6) is 0 Å². The number of nitrogens with zero attached hydrogens (tertiary/aromatic N) is 3. The highest BCUT2D eigenvalue weighted by atomic mass is 32.2. The van der Waals surface area contributed by atoms with Crippen LogP contribution in [-0.2, 0) is 14.8 Å². The van der Waals surface area contributed by atoms with Gasteiger partial charge in [0.05, 0.1) is 22.8 Å². The number of aryl methyl sites for hydroxylation is 2. The average molecular weight is 513 g/mol. The lowest BCUT2D eigenvalue weighted by molar-refractivity contribution is 0.0936. The maximum Gasteiger partial charge on any atom is 0.261 e. The molecule has 0 atom stereocenters. The highest BCUT2D eigenvalue weighted by molar-refractivity contribution is 7.92. The molecule has 0 aliphatic heterocycles. The Hall–Kier alpha value is -4.03. The molecule has 0 fully saturated rings. The van der Waals surface area contributed by atoms with E-state index in [0.29, 0.717) is 41.3 Å². The van der Waals surface area contributed by atoms with Crippen molar-refractivity contribution in [1.82, 2.24) is 19.9 Å². The fourth-order valence-electron chi connectivity index (χ4n) is 3.64. The number of sulfonamides is 1. The molecular weight excluding hydrogens is 487 g/mol. The van der Waals surface area contributed by atoms with Gasteiger partial charge in [-0.25, -0.2) is 22.3 Å². The third kappa shape index (κ3) is 5.29. The molecule has 36 heavy (non-hydrogen) atoms. The van der Waals surface area contributed by atoms with Crippen LogP contribution in [0.15, 0.2) is 59.9 Å². The predicted molar refractivity (Wildman–Crippen MR) is 134 cm³/mol. The molecule has 0 bridgehead atoms. The van der Waals surface area contributed by atoms with Crippen molar-refractivity contribution in [2.75, 3.05) is 30.3 Å². The van der Waals surface area contributed by atoms with Crippen molar-refractivity contribution in [2.45, 2.75) is 18.7 Å². The first-order valence-electron chi connectivity index (χ1n) is 11.0. The summed E-state index contributed by atoms with van der Waals surface area (Å²) in [7, 11) is -2.44. The fourth-order valence-corrected chi connectivity index (χ4v) is 4.72. The lowest BCUT2D eigenvalue weighted by Crippen LogP contribution is -2.27. The highest BCUT2D eigenvalue weighted by Gasteiger charge is 2.19. The standard InChI is InChI=1S/C24H25FN6O4S/c1-15-7-8-18(30-36(33,34)19-6-4-5-17(25)11-19)12-21(15)29-23-22-16(2)20(13-31(22)28-14-27-23)24(32)26-9-10-35-3/h4-8,11-14,30H,9-10H2,1-3H3,(H,26,32)(H,27,28,29). The van der Waals surface area contributed by atoms with Gasteiger partial charge in [0.15, 0.2) is 5.82 Å². The summed E-state index contributed by atoms with van der Waals surface area (Å²) in [5.41, 5.74) is 3.41. The van der Waals surface area contributed by atoms with E-state index in [1.165, 1.54) is 24.5 Å². The second-order valence-electron chi connectivity index (χ2n) is 8.04. The summed E-state index contributed by atoms with van der Waals surface area (Å²) < 4.78 is 48.0. The zero-order valence-corrected chi connectivity index (χ0v) is 20.7. The van der Waals surface area contributed by atoms with Crippen LogP contribution in [0, 0.1) is 19.7 Å². The maximum absolute atomic E-state index is 13.5. The molecule has 3 N–H and O–H groups in total. The Morgan fingerprint density at radius 1 is 1.17 bits per heavy atom. The summed E-state index contributed by atoms with van der Waals surface area (Å²) in [6, 6.07) is 9.73. The van der Waals surface area contributed by atoms with E-state index in [9.17, 15) is 17.6 Å². The number of carbonyl (C=O) groups is 1. The fraction of sp³-hybridized carbons (Fsp3) is 0.208. The summed E-state index contributed by atoms with van der Waals surface area (Å²) in [6.45, 7) is 4.41. The molecule has 10 nitrogen and oxygen atoms in total. The molecule has 0 saturated heterocycles. The Bertz CT molecular complexity index is 1540. The zero-order chi connectivity index (χ0) is 25.9. The number of fused-ring (bicyclic) bond motifs is 1. The van der Waals surface area contributed by atoms with E-state index < -0.39 is 15.8 Å². The van der Waals surface area contributed by atoms with Gasteiger partial charge in [-0.15, -0.1) is 0 Å². The molecule has 2 aromatic carbocycles. The number of anilines is 3. The van der Waals surface area contributed by atoms with Gasteiger partial charge >= 0.3 is 0 Å². The van der Waals surface area contributed by atoms with Crippen molar-refractivity contribution in [3.05, 3.63) is 77.5 Å². The van der Waals surface area contributed by atoms with E-state index in [4.69, 9.17) is 4.74 Å². The summed E-state index contributed by atoms with van der Waals surface area (Å²) in [4.78, 5) is 16.8. The third-order valence-corrected chi connectivity index (χ3v) is 6.89. The van der Waals surface area contributed by atoms with Crippen LogP contribution in [0.3, 0.4) is 0 Å². The number of carbonyl (C=O) groups excluding carboxylic acids is 1. The van der Waals surface area contributed by atoms with E-state index in [1.807, 2.05) is 6.92 Å². The number of hydrogen-bond acceptors (Lipinski definition) is 7. The molecule has 4 aromatic rings. The monoisotopic (exact) mass is 512 g/mol. The Balaban J connectivity index is 1.63. The molecule has 0 aliphatic rings. The minimum Gasteiger partial charge on any atom is -0.383 e. The van der Waals surface area contributed by atoms with Crippen LogP contribution in [0.2, 0.25) is 0 Å². The summed E-state index contributed by atoms with van der Waals surface area (Å²) in [6.07, 6.45) is 2.98. The molecule has 188 valence electrons. The minimum absolute atomic E-state index is 0.185. The first-order valence-corrected chi connectivity index (χ1v) is 12.4. The lowest BCUT2D eigenvalue weighted by Gasteiger charge is -2.14. The van der Waals surface area contributed by atoms with Crippen molar-refractivity contribution < 1.29 is 22.3 Å². The second kappa shape index (κ2) is 10.3. The Labute approximate surface area is 207 Å². The van der Waals surface area contributed by atoms with Crippen molar-refractivity contribution >= 4 is 38.6 Å². The van der Waals surface area contributed by atoms with Gasteiger partial charge in [0.25, 0.3) is 15.9 Å². The molecular formula is C24H25FN6O4S. The van der Waals surface area contributed by atoms with Crippen molar-refractivity contribution in [3.8, 4) is 0 Å². The number of halogens is 1. The van der Waals surface area contributed by atoms with Crippen LogP contribution in [-0.4, -0.2) is 49.2 Å². The number of benzene rings is 2. The lowest BCUT2D eigenvalue weighted by atomic mass is 10.1.